The molecule has 0 radical (unpaired) electrons. The molecule has 5 heteroatoms. The van der Waals surface area contributed by atoms with Crippen LogP contribution in [0.1, 0.15) is 0 Å². The van der Waals surface area contributed by atoms with E-state index in [0.717, 1.165) is 45.8 Å². The SMILES string of the molecule is CN1CCN(CCN2CC3C(CN)C3C2=O)CC1. The number of amides is 1. The second-order valence-corrected chi connectivity index (χ2v) is 6.02. The average molecular weight is 252 g/mol. The van der Waals surface area contributed by atoms with Gasteiger partial charge in [-0.1, -0.05) is 0 Å². The smallest absolute Gasteiger partial charge is 0.226 e. The van der Waals surface area contributed by atoms with Crippen LogP contribution in [0.15, 0.2) is 0 Å². The van der Waals surface area contributed by atoms with Crippen molar-refractivity contribution in [3.63, 3.8) is 0 Å². The van der Waals surface area contributed by atoms with Gasteiger partial charge >= 0.3 is 0 Å². The van der Waals surface area contributed by atoms with Crippen LogP contribution in [0.4, 0.5) is 0 Å². The molecule has 0 aromatic rings. The van der Waals surface area contributed by atoms with E-state index >= 15 is 0 Å². The van der Waals surface area contributed by atoms with Crippen molar-refractivity contribution < 1.29 is 4.79 Å². The molecule has 3 unspecified atom stereocenters. The van der Waals surface area contributed by atoms with Crippen LogP contribution in [0.5, 0.6) is 0 Å². The van der Waals surface area contributed by atoms with Crippen LogP contribution in [-0.2, 0) is 4.79 Å². The van der Waals surface area contributed by atoms with Crippen molar-refractivity contribution in [1.82, 2.24) is 14.7 Å². The third-order valence-corrected chi connectivity index (χ3v) is 4.91. The van der Waals surface area contributed by atoms with Gasteiger partial charge in [0.1, 0.15) is 0 Å². The Kier molecular flexibility index (Phi) is 3.30. The molecule has 2 heterocycles. The summed E-state index contributed by atoms with van der Waals surface area (Å²) in [6.07, 6.45) is 0. The minimum absolute atomic E-state index is 0.280. The molecule has 5 nitrogen and oxygen atoms in total. The van der Waals surface area contributed by atoms with Crippen molar-refractivity contribution in [3.8, 4) is 0 Å². The van der Waals surface area contributed by atoms with Gasteiger partial charge in [0.15, 0.2) is 0 Å². The molecular formula is C13H24N4O. The first kappa shape index (κ1) is 12.4. The molecule has 2 saturated heterocycles. The van der Waals surface area contributed by atoms with Gasteiger partial charge in [-0.05, 0) is 25.4 Å². The lowest BCUT2D eigenvalue weighted by Crippen LogP contribution is -2.47. The van der Waals surface area contributed by atoms with E-state index in [4.69, 9.17) is 5.73 Å². The maximum atomic E-state index is 12.1. The number of rotatable bonds is 4. The number of nitrogens with zero attached hydrogens (tertiary/aromatic N) is 3. The Morgan fingerprint density at radius 2 is 1.94 bits per heavy atom. The lowest BCUT2D eigenvalue weighted by molar-refractivity contribution is -0.130. The average Bonchev–Trinajstić information content (AvgIpc) is 2.99. The predicted octanol–water partition coefficient (Wildman–Crippen LogP) is -1.10. The molecule has 102 valence electrons. The normalized spacial score (nSPS) is 37.1. The maximum Gasteiger partial charge on any atom is 0.226 e. The first-order valence-electron chi connectivity index (χ1n) is 7.10. The lowest BCUT2D eigenvalue weighted by atomic mass is 10.2. The molecule has 18 heavy (non-hydrogen) atoms. The Morgan fingerprint density at radius 3 is 2.50 bits per heavy atom. The van der Waals surface area contributed by atoms with E-state index in [0.29, 0.717) is 24.3 Å². The molecule has 3 fully saturated rings. The number of piperidine rings is 1. The van der Waals surface area contributed by atoms with Crippen LogP contribution in [0.2, 0.25) is 0 Å². The fraction of sp³-hybridized carbons (Fsp3) is 0.923. The van der Waals surface area contributed by atoms with E-state index in [1.54, 1.807) is 0 Å². The molecule has 3 rings (SSSR count). The number of likely N-dealkylation sites (N-methyl/N-ethyl adjacent to an activating group) is 1. The number of piperazine rings is 1. The van der Waals surface area contributed by atoms with Crippen molar-refractivity contribution in [2.45, 2.75) is 0 Å². The van der Waals surface area contributed by atoms with Gasteiger partial charge < -0.3 is 15.5 Å². The highest BCUT2D eigenvalue weighted by atomic mass is 16.2. The highest BCUT2D eigenvalue weighted by Gasteiger charge is 2.60. The summed E-state index contributed by atoms with van der Waals surface area (Å²) < 4.78 is 0. The Labute approximate surface area is 109 Å². The number of nitrogens with two attached hydrogens (primary N) is 1. The molecule has 3 atom stereocenters. The Balaban J connectivity index is 1.41. The number of carbonyl (C=O) groups is 1. The number of carbonyl (C=O) groups excluding carboxylic acids is 1. The van der Waals surface area contributed by atoms with Gasteiger partial charge in [-0.3, -0.25) is 9.69 Å². The van der Waals surface area contributed by atoms with Gasteiger partial charge in [-0.15, -0.1) is 0 Å². The number of fused-ring (bicyclic) bond motifs is 1. The quantitative estimate of drug-likeness (QED) is 0.690. The second-order valence-electron chi connectivity index (χ2n) is 6.02. The summed E-state index contributed by atoms with van der Waals surface area (Å²) in [5.41, 5.74) is 5.65. The van der Waals surface area contributed by atoms with E-state index in [1.165, 1.54) is 0 Å². The van der Waals surface area contributed by atoms with Crippen LogP contribution < -0.4 is 5.73 Å². The van der Waals surface area contributed by atoms with E-state index < -0.39 is 0 Å². The predicted molar refractivity (Wildman–Crippen MR) is 70.0 cm³/mol. The zero-order valence-corrected chi connectivity index (χ0v) is 11.2. The van der Waals surface area contributed by atoms with Crippen molar-refractivity contribution in [3.05, 3.63) is 0 Å². The van der Waals surface area contributed by atoms with Crippen LogP contribution in [0.25, 0.3) is 0 Å². The molecule has 2 N–H and O–H groups in total. The second kappa shape index (κ2) is 4.79. The van der Waals surface area contributed by atoms with Crippen molar-refractivity contribution >= 4 is 5.91 Å². The summed E-state index contributed by atoms with van der Waals surface area (Å²) in [7, 11) is 2.17. The van der Waals surface area contributed by atoms with Crippen molar-refractivity contribution in [2.24, 2.45) is 23.5 Å². The highest BCUT2D eigenvalue weighted by molar-refractivity contribution is 5.85. The van der Waals surface area contributed by atoms with Gasteiger partial charge in [-0.25, -0.2) is 0 Å². The number of hydrogen-bond donors (Lipinski definition) is 1. The summed E-state index contributed by atoms with van der Waals surface area (Å²) in [6.45, 7) is 8.15. The van der Waals surface area contributed by atoms with E-state index in [9.17, 15) is 4.79 Å². The van der Waals surface area contributed by atoms with Gasteiger partial charge in [0, 0.05) is 51.7 Å². The standard InChI is InChI=1S/C13H24N4O/c1-15-2-4-16(5-3-15)6-7-17-9-11-10(8-14)12(11)13(17)18/h10-12H,2-9,14H2,1H3. The molecule has 1 amide bonds. The minimum Gasteiger partial charge on any atom is -0.341 e. The van der Waals surface area contributed by atoms with Gasteiger partial charge in [-0.2, -0.15) is 0 Å². The summed E-state index contributed by atoms with van der Waals surface area (Å²) in [5, 5.41) is 0. The Morgan fingerprint density at radius 1 is 1.22 bits per heavy atom. The molecule has 2 aliphatic heterocycles. The zero-order chi connectivity index (χ0) is 12.7. The molecule has 0 bridgehead atoms. The molecular weight excluding hydrogens is 228 g/mol. The fourth-order valence-electron chi connectivity index (χ4n) is 3.47. The van der Waals surface area contributed by atoms with Gasteiger partial charge in [0.05, 0.1) is 0 Å². The van der Waals surface area contributed by atoms with E-state index in [2.05, 4.69) is 21.7 Å². The van der Waals surface area contributed by atoms with Crippen molar-refractivity contribution in [2.75, 3.05) is 59.4 Å². The molecule has 0 aromatic heterocycles. The minimum atomic E-state index is 0.280. The topological polar surface area (TPSA) is 52.8 Å². The monoisotopic (exact) mass is 252 g/mol. The largest absolute Gasteiger partial charge is 0.341 e. The fourth-order valence-corrected chi connectivity index (χ4v) is 3.47. The number of hydrogen-bond acceptors (Lipinski definition) is 4. The molecule has 3 aliphatic rings. The molecule has 0 spiro atoms. The third-order valence-electron chi connectivity index (χ3n) is 4.91. The van der Waals surface area contributed by atoms with Crippen LogP contribution in [0.3, 0.4) is 0 Å². The molecule has 1 saturated carbocycles. The summed E-state index contributed by atoms with van der Waals surface area (Å²) in [6, 6.07) is 0. The Hall–Kier alpha value is -0.650. The summed E-state index contributed by atoms with van der Waals surface area (Å²) >= 11 is 0. The summed E-state index contributed by atoms with van der Waals surface area (Å²) in [4.78, 5) is 19.0. The van der Waals surface area contributed by atoms with E-state index in [-0.39, 0.29) is 5.92 Å². The maximum absolute atomic E-state index is 12.1. The van der Waals surface area contributed by atoms with Crippen LogP contribution in [0, 0.1) is 17.8 Å². The van der Waals surface area contributed by atoms with Crippen molar-refractivity contribution in [1.29, 1.82) is 0 Å². The van der Waals surface area contributed by atoms with Gasteiger partial charge in [0.25, 0.3) is 0 Å². The van der Waals surface area contributed by atoms with Crippen LogP contribution in [-0.4, -0.2) is 80.0 Å². The first-order chi connectivity index (χ1) is 8.70. The summed E-state index contributed by atoms with van der Waals surface area (Å²) in [5.74, 6) is 1.72. The third kappa shape index (κ3) is 2.15. The highest BCUT2D eigenvalue weighted by Crippen LogP contribution is 2.51. The Bertz CT molecular complexity index is 327. The van der Waals surface area contributed by atoms with Crippen LogP contribution >= 0.6 is 0 Å². The van der Waals surface area contributed by atoms with Gasteiger partial charge in [0.2, 0.25) is 5.91 Å². The van der Waals surface area contributed by atoms with E-state index in [1.807, 2.05) is 0 Å². The molecule has 0 aromatic carbocycles. The molecule has 1 aliphatic carbocycles. The lowest BCUT2D eigenvalue weighted by Gasteiger charge is -2.33. The zero-order valence-electron chi connectivity index (χ0n) is 11.2. The first-order valence-corrected chi connectivity index (χ1v) is 7.10. The number of likely N-dealkylation sites (tertiary alicyclic amines) is 1.